The molecule has 13 rings (SSSR count). The van der Waals surface area contributed by atoms with Crippen LogP contribution in [0.3, 0.4) is 0 Å². The molecule has 0 radical (unpaired) electrons. The maximum Gasteiger partial charge on any atom is 0.185 e. The molecule has 0 saturated carbocycles. The molecule has 578 valence electrons. The van der Waals surface area contributed by atoms with Crippen molar-refractivity contribution in [3.8, 4) is 115 Å². The molecular weight excluding hydrogens is 1420 g/mol. The fraction of sp³-hybridized carbons (Fsp3) is 0.229. The van der Waals surface area contributed by atoms with Crippen LogP contribution in [0.25, 0.3) is 6.08 Å². The lowest BCUT2D eigenvalue weighted by molar-refractivity contribution is 0.104. The highest BCUT2D eigenvalue weighted by Gasteiger charge is 2.43. The minimum absolute atomic E-state index is 0.0718. The number of phenols is 20. The first-order valence-electron chi connectivity index (χ1n) is 34.8. The Labute approximate surface area is 633 Å². The van der Waals surface area contributed by atoms with E-state index >= 15 is 0 Å². The quantitative estimate of drug-likeness (QED) is 0.0191. The van der Waals surface area contributed by atoms with Gasteiger partial charge in [0.2, 0.25) is 0 Å². The number of allylic oxidation sites excluding steroid dienone is 1. The third-order valence-corrected chi connectivity index (χ3v) is 18.7. The topological polar surface area (TPSA) is 450 Å². The van der Waals surface area contributed by atoms with Gasteiger partial charge >= 0.3 is 0 Å². The second-order valence-electron chi connectivity index (χ2n) is 27.1. The largest absolute Gasteiger partial charge is 0.504 e. The Morgan fingerprint density at radius 2 is 0.736 bits per heavy atom. The molecule has 3 aliphatic heterocycles. The zero-order valence-electron chi connectivity index (χ0n) is 60.4. The fourth-order valence-corrected chi connectivity index (χ4v) is 12.6. The third-order valence-electron chi connectivity index (χ3n) is 18.7. The number of hydrogen-bond acceptors (Lipinski definition) is 27. The highest BCUT2D eigenvalue weighted by Crippen LogP contribution is 2.40. The van der Waals surface area contributed by atoms with Crippen molar-refractivity contribution in [2.45, 2.75) is 76.4 Å². The van der Waals surface area contributed by atoms with Gasteiger partial charge in [-0.1, -0.05) is 54.6 Å². The fourth-order valence-electron chi connectivity index (χ4n) is 12.6. The number of phenolic OH excluding ortho intramolecular Hbond substituents is 20. The van der Waals surface area contributed by atoms with Crippen molar-refractivity contribution in [2.75, 3.05) is 47.3 Å². The summed E-state index contributed by atoms with van der Waals surface area (Å²) in [5.41, 5.74) is 8.84. The monoisotopic (exact) mass is 1510 g/mol. The zero-order chi connectivity index (χ0) is 79.6. The number of fused-ring (bicyclic) bond motifs is 2. The van der Waals surface area contributed by atoms with Crippen LogP contribution >= 0.6 is 0 Å². The minimum Gasteiger partial charge on any atom is -0.504 e. The number of rotatable bonds is 20. The van der Waals surface area contributed by atoms with E-state index in [2.05, 4.69) is 24.7 Å². The molecule has 0 spiro atoms. The highest BCUT2D eigenvalue weighted by molar-refractivity contribution is 6.07. The second-order valence-corrected chi connectivity index (χ2v) is 27.1. The zero-order valence-corrected chi connectivity index (χ0v) is 60.4. The van der Waals surface area contributed by atoms with Crippen LogP contribution in [-0.2, 0) is 39.0 Å². The molecule has 110 heavy (non-hydrogen) atoms. The normalized spacial score (nSPS) is 15.1. The average molecular weight is 1510 g/mol. The summed E-state index contributed by atoms with van der Waals surface area (Å²) in [6, 6.07) is 47.3. The van der Waals surface area contributed by atoms with Crippen LogP contribution in [0.1, 0.15) is 85.7 Å². The summed E-state index contributed by atoms with van der Waals surface area (Å²) in [6.45, 7) is 6.45. The molecule has 20 N–H and O–H groups in total. The van der Waals surface area contributed by atoms with Crippen molar-refractivity contribution >= 4 is 17.6 Å². The second kappa shape index (κ2) is 37.0. The van der Waals surface area contributed by atoms with Crippen LogP contribution in [0, 0.1) is 0 Å². The maximum atomic E-state index is 11.8. The van der Waals surface area contributed by atoms with Gasteiger partial charge in [0.05, 0.1) is 11.8 Å². The van der Waals surface area contributed by atoms with Crippen molar-refractivity contribution in [3.63, 3.8) is 0 Å². The van der Waals surface area contributed by atoms with Crippen molar-refractivity contribution in [2.24, 2.45) is 5.10 Å². The number of benzene rings is 10. The Hall–Kier alpha value is -13.1. The summed E-state index contributed by atoms with van der Waals surface area (Å²) in [5, 5.41) is 194. The van der Waals surface area contributed by atoms with Crippen LogP contribution in [0.2, 0.25) is 0 Å². The molecule has 10 aromatic carbocycles. The molecule has 0 aromatic heterocycles. The number of ketones is 1. The molecule has 2 saturated heterocycles. The standard InChI is InChI=1S/C19H22N2O4.C18H24N2O4.C16H16N2O4.C15H12O5.C15H16O4/c22-16-3-1-12(5-18(16)24)8-20-10-15-7-14(20)11-21(15)9-13-2-4-17(23)19(25)6-13;1-19(11-13-3-5-15(21)17(23)9-13)7-8-20(2)12-14-4-6-16(22)18(24)10-14;1-18-12(10-3-5-14(20)16(22)7-10)8-11(17-18)9-2-4-13(19)15(21)6-9;16-11(10-3-6-13(18)15(20)8-10)4-1-9-2-5-12(17)14(19)7-9;16-12-6-4-10(8-14(12)18)2-1-3-11-5-7-13(17)15(19)9-11/h1-6,14-15,22-25H,7-11H2;3-6,9-10,21-24H,7-8,11-12H2,1-2H3;2-7,12,19-22H,8H2,1H3;1-8,17-20H;4-9,16-19H,1-3H2/b;;;4-1+;. The summed E-state index contributed by atoms with van der Waals surface area (Å²) in [7, 11) is 5.80. The average Bonchev–Trinajstić information content (AvgIpc) is 1.63. The molecule has 2 fully saturated rings. The van der Waals surface area contributed by atoms with E-state index in [0.29, 0.717) is 37.2 Å². The van der Waals surface area contributed by atoms with Crippen molar-refractivity contribution in [1.82, 2.24) is 24.6 Å². The van der Waals surface area contributed by atoms with Gasteiger partial charge in [-0.05, 0) is 224 Å². The summed E-state index contributed by atoms with van der Waals surface area (Å²) in [4.78, 5) is 20.9. The van der Waals surface area contributed by atoms with E-state index in [4.69, 9.17) is 10.2 Å². The number of nitrogens with zero attached hydrogens (tertiary/aromatic N) is 6. The third kappa shape index (κ3) is 22.5. The van der Waals surface area contributed by atoms with E-state index in [-0.39, 0.29) is 132 Å². The van der Waals surface area contributed by atoms with Crippen molar-refractivity contribution in [1.29, 1.82) is 0 Å². The lowest BCUT2D eigenvalue weighted by Crippen LogP contribution is -2.45. The van der Waals surface area contributed by atoms with Crippen LogP contribution in [0.4, 0.5) is 0 Å². The number of likely N-dealkylation sites (tertiary alicyclic amines) is 2. The number of aromatic hydroxyl groups is 20. The van der Waals surface area contributed by atoms with Crippen molar-refractivity contribution in [3.05, 3.63) is 244 Å². The Balaban J connectivity index is 0.000000159. The smallest absolute Gasteiger partial charge is 0.185 e. The number of hydrazone groups is 1. The Morgan fingerprint density at radius 3 is 1.14 bits per heavy atom. The van der Waals surface area contributed by atoms with E-state index in [1.165, 1.54) is 103 Å². The van der Waals surface area contributed by atoms with Gasteiger partial charge in [-0.2, -0.15) is 5.10 Å². The predicted molar refractivity (Wildman–Crippen MR) is 410 cm³/mol. The first-order chi connectivity index (χ1) is 52.3. The molecule has 0 aliphatic carbocycles. The lowest BCUT2D eigenvalue weighted by Gasteiger charge is -2.34. The minimum atomic E-state index is -0.369. The maximum absolute atomic E-state index is 11.8. The summed E-state index contributed by atoms with van der Waals surface area (Å²) in [5.74, 6) is -3.45. The van der Waals surface area contributed by atoms with E-state index in [9.17, 15) is 96.7 Å². The van der Waals surface area contributed by atoms with Gasteiger partial charge < -0.3 is 112 Å². The van der Waals surface area contributed by atoms with Gasteiger partial charge in [-0.25, -0.2) is 0 Å². The molecule has 3 unspecified atom stereocenters. The first-order valence-corrected chi connectivity index (χ1v) is 34.8. The van der Waals surface area contributed by atoms with Crippen LogP contribution in [-0.4, -0.2) is 198 Å². The number of carbonyl (C=O) groups is 1. The molecule has 0 amide bonds. The molecule has 27 nitrogen and oxygen atoms in total. The lowest BCUT2D eigenvalue weighted by atomic mass is 9.98. The van der Waals surface area contributed by atoms with Gasteiger partial charge in [-0.3, -0.25) is 19.6 Å². The van der Waals surface area contributed by atoms with Crippen LogP contribution < -0.4 is 0 Å². The van der Waals surface area contributed by atoms with E-state index in [1.54, 1.807) is 77.8 Å². The molecule has 3 heterocycles. The van der Waals surface area contributed by atoms with Crippen molar-refractivity contribution < 1.29 is 107 Å². The molecule has 27 heteroatoms. The molecule has 2 bridgehead atoms. The summed E-state index contributed by atoms with van der Waals surface area (Å²) >= 11 is 0. The van der Waals surface area contributed by atoms with E-state index in [0.717, 1.165) is 121 Å². The van der Waals surface area contributed by atoms with Crippen LogP contribution in [0.5, 0.6) is 115 Å². The molecular formula is C83H90N6O21. The summed E-state index contributed by atoms with van der Waals surface area (Å²) < 4.78 is 0. The summed E-state index contributed by atoms with van der Waals surface area (Å²) in [6.07, 6.45) is 6.79. The van der Waals surface area contributed by atoms with Gasteiger partial charge in [0, 0.05) is 89.0 Å². The molecule has 10 aromatic rings. The highest BCUT2D eigenvalue weighted by atomic mass is 16.3. The van der Waals surface area contributed by atoms with Crippen LogP contribution in [0.15, 0.2) is 193 Å². The van der Waals surface area contributed by atoms with Gasteiger partial charge in [0.15, 0.2) is 121 Å². The number of carbonyl (C=O) groups excluding carboxylic acids is 1. The predicted octanol–water partition coefficient (Wildman–Crippen LogP) is 11.4. The first kappa shape index (κ1) is 81.0. The Kier molecular flexibility index (Phi) is 27.2. The SMILES string of the molecule is CN(CCN(C)Cc1ccc(O)c(O)c1)Cc1ccc(O)c(O)c1.CN1N=C(c2ccc(O)c(O)c2)CC1c1ccc(O)c(O)c1.O=C(/C=C/c1ccc(O)c(O)c1)c1ccc(O)c(O)c1.Oc1ccc(CCCc2ccc(O)c(O)c2)cc1O.Oc1ccc(CN2CC3CC2CN3Cc2ccc(O)c(O)c2)cc1O. The van der Waals surface area contributed by atoms with E-state index < -0.39 is 0 Å². The van der Waals surface area contributed by atoms with Gasteiger partial charge in [-0.15, -0.1) is 0 Å². The Bertz CT molecular complexity index is 4740. The molecule has 3 atom stereocenters. The number of piperazine rings is 1. The van der Waals surface area contributed by atoms with Gasteiger partial charge in [0.25, 0.3) is 0 Å². The van der Waals surface area contributed by atoms with E-state index in [1.807, 2.05) is 33.3 Å². The van der Waals surface area contributed by atoms with Gasteiger partial charge in [0.1, 0.15) is 0 Å². The number of aryl methyl sites for hydroxylation is 2. The number of likely N-dealkylation sites (N-methyl/N-ethyl adjacent to an activating group) is 2. The number of hydrogen-bond donors (Lipinski definition) is 20. The molecule has 3 aliphatic rings. The Morgan fingerprint density at radius 1 is 0.391 bits per heavy atom.